The average molecular weight is 279 g/mol. The number of nitrogens with one attached hydrogen (secondary N) is 1. The summed E-state index contributed by atoms with van der Waals surface area (Å²) in [5, 5.41) is 3.33. The first-order valence-corrected chi connectivity index (χ1v) is 8.24. The fourth-order valence-corrected chi connectivity index (χ4v) is 2.80. The summed E-state index contributed by atoms with van der Waals surface area (Å²) in [6.07, 6.45) is 0. The third-order valence-electron chi connectivity index (χ3n) is 3.16. The summed E-state index contributed by atoms with van der Waals surface area (Å²) in [5.74, 6) is 2.49. The van der Waals surface area contributed by atoms with E-state index in [2.05, 4.69) is 27.9 Å². The zero-order chi connectivity index (χ0) is 13.7. The number of benzene rings is 1. The molecule has 1 aromatic carbocycles. The first-order chi connectivity index (χ1) is 9.26. The van der Waals surface area contributed by atoms with Crippen LogP contribution in [0.5, 0.6) is 0 Å². The van der Waals surface area contributed by atoms with Gasteiger partial charge in [0.25, 0.3) is 0 Å². The van der Waals surface area contributed by atoms with Crippen LogP contribution in [0.15, 0.2) is 24.3 Å². The van der Waals surface area contributed by atoms with E-state index < -0.39 is 10.8 Å². The van der Waals surface area contributed by atoms with Crippen LogP contribution < -0.4 is 5.32 Å². The minimum atomic E-state index is -0.696. The van der Waals surface area contributed by atoms with E-state index >= 15 is 0 Å². The van der Waals surface area contributed by atoms with Gasteiger partial charge in [0.15, 0.2) is 0 Å². The van der Waals surface area contributed by atoms with Crippen molar-refractivity contribution in [3.63, 3.8) is 0 Å². The largest absolute Gasteiger partial charge is 0.327 e. The van der Waals surface area contributed by atoms with Crippen LogP contribution >= 0.6 is 0 Å². The Balaban J connectivity index is 2.02. The van der Waals surface area contributed by atoms with Gasteiger partial charge in [-0.25, -0.2) is 4.98 Å². The van der Waals surface area contributed by atoms with Crippen LogP contribution in [0, 0.1) is 0 Å². The average Bonchev–Trinajstić information content (AvgIpc) is 2.80. The van der Waals surface area contributed by atoms with Crippen molar-refractivity contribution in [2.24, 2.45) is 0 Å². The molecule has 104 valence electrons. The van der Waals surface area contributed by atoms with Crippen molar-refractivity contribution in [1.82, 2.24) is 14.9 Å². The Bertz CT molecular complexity index is 565. The number of para-hydroxylation sites is 2. The van der Waals surface area contributed by atoms with Crippen molar-refractivity contribution in [2.45, 2.75) is 26.9 Å². The highest BCUT2D eigenvalue weighted by molar-refractivity contribution is 7.84. The van der Waals surface area contributed by atoms with E-state index in [0.29, 0.717) is 5.75 Å². The summed E-state index contributed by atoms with van der Waals surface area (Å²) >= 11 is 0. The maximum absolute atomic E-state index is 11.3. The molecule has 0 saturated heterocycles. The van der Waals surface area contributed by atoms with E-state index in [1.807, 2.05) is 25.1 Å². The lowest BCUT2D eigenvalue weighted by Gasteiger charge is -2.07. The normalized spacial score (nSPS) is 12.9. The Morgan fingerprint density at radius 3 is 2.84 bits per heavy atom. The predicted molar refractivity (Wildman–Crippen MR) is 80.7 cm³/mol. The maximum Gasteiger partial charge on any atom is 0.123 e. The summed E-state index contributed by atoms with van der Waals surface area (Å²) < 4.78 is 13.6. The summed E-state index contributed by atoms with van der Waals surface area (Å²) in [6, 6.07) is 8.19. The number of aromatic nitrogens is 2. The second-order valence-corrected chi connectivity index (χ2v) is 6.24. The fraction of sp³-hybridized carbons (Fsp3) is 0.500. The monoisotopic (exact) mass is 279 g/mol. The SMILES string of the molecule is CCn1c(CNCCS(=O)CC)nc2ccccc21. The molecule has 0 bridgehead atoms. The molecule has 1 N–H and O–H groups in total. The highest BCUT2D eigenvalue weighted by Crippen LogP contribution is 2.15. The van der Waals surface area contributed by atoms with E-state index in [-0.39, 0.29) is 0 Å². The van der Waals surface area contributed by atoms with Gasteiger partial charge in [0, 0.05) is 35.4 Å². The van der Waals surface area contributed by atoms with Gasteiger partial charge in [-0.15, -0.1) is 0 Å². The minimum absolute atomic E-state index is 0.696. The number of rotatable bonds is 7. The van der Waals surface area contributed by atoms with E-state index in [4.69, 9.17) is 0 Å². The number of fused-ring (bicyclic) bond motifs is 1. The van der Waals surface area contributed by atoms with E-state index in [1.165, 1.54) is 5.52 Å². The Kier molecular flexibility index (Phi) is 5.10. The summed E-state index contributed by atoms with van der Waals surface area (Å²) in [4.78, 5) is 4.64. The van der Waals surface area contributed by atoms with Gasteiger partial charge in [0.05, 0.1) is 17.6 Å². The minimum Gasteiger partial charge on any atom is -0.327 e. The summed E-state index contributed by atoms with van der Waals surface area (Å²) in [7, 11) is -0.696. The predicted octanol–water partition coefficient (Wildman–Crippen LogP) is 1.91. The molecule has 0 aliphatic heterocycles. The molecular formula is C14H21N3OS. The zero-order valence-corrected chi connectivity index (χ0v) is 12.4. The third kappa shape index (κ3) is 3.42. The molecule has 1 atom stereocenters. The first kappa shape index (κ1) is 14.2. The van der Waals surface area contributed by atoms with Crippen LogP contribution in [0.2, 0.25) is 0 Å². The molecule has 0 amide bonds. The molecule has 0 aliphatic carbocycles. The second kappa shape index (κ2) is 6.82. The Hall–Kier alpha value is -1.20. The molecule has 0 aliphatic rings. The number of hydrogen-bond donors (Lipinski definition) is 1. The van der Waals surface area contributed by atoms with Gasteiger partial charge in [-0.2, -0.15) is 0 Å². The molecule has 0 spiro atoms. The molecule has 0 fully saturated rings. The van der Waals surface area contributed by atoms with Crippen molar-refractivity contribution in [3.8, 4) is 0 Å². The molecule has 19 heavy (non-hydrogen) atoms. The number of aryl methyl sites for hydroxylation is 1. The molecule has 0 saturated carbocycles. The van der Waals surface area contributed by atoms with Crippen LogP contribution in [0.4, 0.5) is 0 Å². The lowest BCUT2D eigenvalue weighted by molar-refractivity contribution is 0.634. The molecule has 2 aromatic rings. The van der Waals surface area contributed by atoms with Crippen molar-refractivity contribution in [1.29, 1.82) is 0 Å². The smallest absolute Gasteiger partial charge is 0.123 e. The van der Waals surface area contributed by atoms with Crippen molar-refractivity contribution in [3.05, 3.63) is 30.1 Å². The maximum atomic E-state index is 11.3. The zero-order valence-electron chi connectivity index (χ0n) is 11.6. The lowest BCUT2D eigenvalue weighted by Crippen LogP contribution is -2.22. The molecule has 4 nitrogen and oxygen atoms in total. The molecule has 0 radical (unpaired) electrons. The molecule has 1 heterocycles. The number of nitrogens with zero attached hydrogens (tertiary/aromatic N) is 2. The van der Waals surface area contributed by atoms with Gasteiger partial charge in [0.2, 0.25) is 0 Å². The molecule has 2 rings (SSSR count). The van der Waals surface area contributed by atoms with E-state index in [1.54, 1.807) is 0 Å². The summed E-state index contributed by atoms with van der Waals surface area (Å²) in [6.45, 7) is 6.49. The van der Waals surface area contributed by atoms with Crippen LogP contribution in [-0.4, -0.2) is 31.8 Å². The quantitative estimate of drug-likeness (QED) is 0.788. The second-order valence-electron chi connectivity index (χ2n) is 4.37. The number of imidazole rings is 1. The molecular weight excluding hydrogens is 258 g/mol. The van der Waals surface area contributed by atoms with Gasteiger partial charge in [-0.1, -0.05) is 19.1 Å². The van der Waals surface area contributed by atoms with Gasteiger partial charge in [-0.3, -0.25) is 4.21 Å². The topological polar surface area (TPSA) is 46.9 Å². The van der Waals surface area contributed by atoms with Crippen molar-refractivity contribution < 1.29 is 4.21 Å². The number of hydrogen-bond acceptors (Lipinski definition) is 3. The van der Waals surface area contributed by atoms with Crippen molar-refractivity contribution >= 4 is 21.8 Å². The third-order valence-corrected chi connectivity index (χ3v) is 4.46. The fourth-order valence-electron chi connectivity index (χ4n) is 2.14. The van der Waals surface area contributed by atoms with Crippen LogP contribution in [0.1, 0.15) is 19.7 Å². The van der Waals surface area contributed by atoms with Gasteiger partial charge in [0.1, 0.15) is 5.82 Å². The Morgan fingerprint density at radius 1 is 1.32 bits per heavy atom. The summed E-state index contributed by atoms with van der Waals surface area (Å²) in [5.41, 5.74) is 2.22. The molecule has 1 aromatic heterocycles. The van der Waals surface area contributed by atoms with Crippen molar-refractivity contribution in [2.75, 3.05) is 18.1 Å². The van der Waals surface area contributed by atoms with Gasteiger partial charge < -0.3 is 9.88 Å². The highest BCUT2D eigenvalue weighted by Gasteiger charge is 2.08. The van der Waals surface area contributed by atoms with Crippen LogP contribution in [-0.2, 0) is 23.9 Å². The van der Waals surface area contributed by atoms with Gasteiger partial charge in [-0.05, 0) is 19.1 Å². The standard InChI is InChI=1S/C14H21N3OS/c1-3-17-13-8-6-5-7-12(13)16-14(17)11-15-9-10-19(18)4-2/h5-8,15H,3-4,9-11H2,1-2H3. The first-order valence-electron chi connectivity index (χ1n) is 6.76. The molecule has 5 heteroatoms. The lowest BCUT2D eigenvalue weighted by atomic mass is 10.3. The van der Waals surface area contributed by atoms with Crippen LogP contribution in [0.3, 0.4) is 0 Å². The van der Waals surface area contributed by atoms with Gasteiger partial charge >= 0.3 is 0 Å². The van der Waals surface area contributed by atoms with Crippen LogP contribution in [0.25, 0.3) is 11.0 Å². The van der Waals surface area contributed by atoms with E-state index in [0.717, 1.165) is 36.7 Å². The highest BCUT2D eigenvalue weighted by atomic mass is 32.2. The van der Waals surface area contributed by atoms with E-state index in [9.17, 15) is 4.21 Å². The Morgan fingerprint density at radius 2 is 2.11 bits per heavy atom. The Labute approximate surface area is 116 Å². The molecule has 1 unspecified atom stereocenters.